The molecule has 0 aliphatic rings. The fourth-order valence-electron chi connectivity index (χ4n) is 1.96. The van der Waals surface area contributed by atoms with Crippen LogP contribution in [0.3, 0.4) is 0 Å². The minimum Gasteiger partial charge on any atom is -0.381 e. The highest BCUT2D eigenvalue weighted by Crippen LogP contribution is 2.26. The molecule has 1 N–H and O–H groups in total. The number of hydrogen-bond acceptors (Lipinski definition) is 2. The Kier molecular flexibility index (Phi) is 7.56. The van der Waals surface area contributed by atoms with Gasteiger partial charge in [0.2, 0.25) is 0 Å². The molecule has 0 fully saturated rings. The summed E-state index contributed by atoms with van der Waals surface area (Å²) in [7, 11) is 2.00. The van der Waals surface area contributed by atoms with Crippen LogP contribution >= 0.6 is 15.9 Å². The molecule has 0 aromatic heterocycles. The average Bonchev–Trinajstić information content (AvgIpc) is 2.34. The maximum atomic E-state index is 5.69. The molecular formula is C15H24BrNO. The minimum atomic E-state index is 0.498. The van der Waals surface area contributed by atoms with Gasteiger partial charge >= 0.3 is 0 Å². The van der Waals surface area contributed by atoms with E-state index in [-0.39, 0.29) is 0 Å². The third kappa shape index (κ3) is 5.51. The van der Waals surface area contributed by atoms with Crippen LogP contribution in [0.25, 0.3) is 0 Å². The van der Waals surface area contributed by atoms with E-state index in [1.54, 1.807) is 0 Å². The Bertz CT molecular complexity index is 341. The van der Waals surface area contributed by atoms with E-state index in [4.69, 9.17) is 4.74 Å². The lowest BCUT2D eigenvalue weighted by Gasteiger charge is -2.19. The first-order valence-electron chi connectivity index (χ1n) is 6.62. The van der Waals surface area contributed by atoms with Gasteiger partial charge in [0.25, 0.3) is 0 Å². The molecule has 18 heavy (non-hydrogen) atoms. The maximum Gasteiger partial charge on any atom is 0.0488 e. The van der Waals surface area contributed by atoms with Gasteiger partial charge in [0.1, 0.15) is 0 Å². The van der Waals surface area contributed by atoms with Crippen LogP contribution in [0.1, 0.15) is 31.7 Å². The van der Waals surface area contributed by atoms with E-state index < -0.39 is 0 Å². The van der Waals surface area contributed by atoms with Crippen LogP contribution in [-0.2, 0) is 4.74 Å². The topological polar surface area (TPSA) is 21.3 Å². The van der Waals surface area contributed by atoms with Gasteiger partial charge < -0.3 is 10.1 Å². The molecular weight excluding hydrogens is 290 g/mol. The second-order valence-corrected chi connectivity index (χ2v) is 5.89. The molecule has 0 aliphatic heterocycles. The second kappa shape index (κ2) is 8.68. The fourth-order valence-corrected chi connectivity index (χ4v) is 2.57. The molecule has 0 saturated heterocycles. The van der Waals surface area contributed by atoms with Crippen LogP contribution in [0.4, 0.5) is 0 Å². The zero-order valence-electron chi connectivity index (χ0n) is 11.6. The Morgan fingerprint density at radius 3 is 2.61 bits per heavy atom. The first kappa shape index (κ1) is 15.7. The molecule has 0 heterocycles. The number of likely N-dealkylation sites (N-methyl/N-ethyl adjacent to an activating group) is 1. The smallest absolute Gasteiger partial charge is 0.0488 e. The predicted molar refractivity (Wildman–Crippen MR) is 81.1 cm³/mol. The molecule has 1 rings (SSSR count). The van der Waals surface area contributed by atoms with Crippen LogP contribution in [0, 0.1) is 5.92 Å². The van der Waals surface area contributed by atoms with Gasteiger partial charge in [0, 0.05) is 24.2 Å². The molecule has 1 aromatic carbocycles. The molecule has 0 amide bonds. The van der Waals surface area contributed by atoms with Gasteiger partial charge in [-0.2, -0.15) is 0 Å². The highest BCUT2D eigenvalue weighted by Gasteiger charge is 2.13. The first-order chi connectivity index (χ1) is 8.65. The Hall–Kier alpha value is -0.380. The Morgan fingerprint density at radius 1 is 1.28 bits per heavy atom. The first-order valence-corrected chi connectivity index (χ1v) is 7.41. The van der Waals surface area contributed by atoms with Gasteiger partial charge in [-0.3, -0.25) is 0 Å². The summed E-state index contributed by atoms with van der Waals surface area (Å²) < 4.78 is 6.88. The van der Waals surface area contributed by atoms with Gasteiger partial charge in [-0.15, -0.1) is 0 Å². The van der Waals surface area contributed by atoms with E-state index >= 15 is 0 Å². The summed E-state index contributed by atoms with van der Waals surface area (Å²) >= 11 is 3.63. The molecule has 3 heteroatoms. The van der Waals surface area contributed by atoms with Crippen LogP contribution in [0.2, 0.25) is 0 Å². The van der Waals surface area contributed by atoms with Gasteiger partial charge in [0.05, 0.1) is 0 Å². The van der Waals surface area contributed by atoms with Gasteiger partial charge in [-0.05, 0) is 36.9 Å². The predicted octanol–water partition coefficient (Wildman–Crippen LogP) is 3.81. The van der Waals surface area contributed by atoms with Crippen molar-refractivity contribution in [2.75, 3.05) is 26.8 Å². The summed E-state index contributed by atoms with van der Waals surface area (Å²) in [6.07, 6.45) is 1.05. The third-order valence-electron chi connectivity index (χ3n) is 2.86. The van der Waals surface area contributed by atoms with Crippen LogP contribution < -0.4 is 5.32 Å². The lowest BCUT2D eigenvalue weighted by atomic mass is 9.96. The Labute approximate surface area is 119 Å². The van der Waals surface area contributed by atoms with Crippen molar-refractivity contribution in [3.63, 3.8) is 0 Å². The zero-order chi connectivity index (χ0) is 13.4. The molecule has 0 bridgehead atoms. The summed E-state index contributed by atoms with van der Waals surface area (Å²) in [5, 5.41) is 3.27. The molecule has 1 atom stereocenters. The highest BCUT2D eigenvalue weighted by molar-refractivity contribution is 9.10. The number of rotatable bonds is 8. The van der Waals surface area contributed by atoms with Crippen LogP contribution in [-0.4, -0.2) is 26.8 Å². The molecule has 0 aliphatic carbocycles. The molecule has 2 nitrogen and oxygen atoms in total. The fraction of sp³-hybridized carbons (Fsp3) is 0.600. The highest BCUT2D eigenvalue weighted by atomic mass is 79.9. The lowest BCUT2D eigenvalue weighted by molar-refractivity contribution is 0.103. The SMILES string of the molecule is CNCC(CCOCC(C)C)c1ccccc1Br. The molecule has 102 valence electrons. The summed E-state index contributed by atoms with van der Waals surface area (Å²) in [4.78, 5) is 0. The van der Waals surface area contributed by atoms with Crippen molar-refractivity contribution in [1.29, 1.82) is 0 Å². The van der Waals surface area contributed by atoms with Gasteiger partial charge in [-0.25, -0.2) is 0 Å². The Morgan fingerprint density at radius 2 is 2.00 bits per heavy atom. The number of hydrogen-bond donors (Lipinski definition) is 1. The summed E-state index contributed by atoms with van der Waals surface area (Å²) in [5.74, 6) is 1.11. The van der Waals surface area contributed by atoms with Gasteiger partial charge in [-0.1, -0.05) is 48.0 Å². The van der Waals surface area contributed by atoms with Crippen molar-refractivity contribution in [2.45, 2.75) is 26.2 Å². The lowest BCUT2D eigenvalue weighted by Crippen LogP contribution is -2.19. The van der Waals surface area contributed by atoms with Crippen molar-refractivity contribution in [3.05, 3.63) is 34.3 Å². The molecule has 0 saturated carbocycles. The van der Waals surface area contributed by atoms with Crippen LogP contribution in [0.5, 0.6) is 0 Å². The van der Waals surface area contributed by atoms with Crippen molar-refractivity contribution >= 4 is 15.9 Å². The van der Waals surface area contributed by atoms with Crippen LogP contribution in [0.15, 0.2) is 28.7 Å². The molecule has 1 unspecified atom stereocenters. The van der Waals surface area contributed by atoms with Crippen molar-refractivity contribution in [3.8, 4) is 0 Å². The average molecular weight is 314 g/mol. The number of ether oxygens (including phenoxy) is 1. The normalized spacial score (nSPS) is 12.9. The van der Waals surface area contributed by atoms with E-state index in [2.05, 4.69) is 59.4 Å². The Balaban J connectivity index is 2.52. The maximum absolute atomic E-state index is 5.69. The largest absolute Gasteiger partial charge is 0.381 e. The third-order valence-corrected chi connectivity index (χ3v) is 3.58. The molecule has 1 aromatic rings. The zero-order valence-corrected chi connectivity index (χ0v) is 13.2. The summed E-state index contributed by atoms with van der Waals surface area (Å²) in [5.41, 5.74) is 1.36. The van der Waals surface area contributed by atoms with Crippen molar-refractivity contribution in [1.82, 2.24) is 5.32 Å². The molecule has 0 radical (unpaired) electrons. The standard InChI is InChI=1S/C15H24BrNO/c1-12(2)11-18-9-8-13(10-17-3)14-6-4-5-7-15(14)16/h4-7,12-13,17H,8-11H2,1-3H3. The van der Waals surface area contributed by atoms with Crippen molar-refractivity contribution < 1.29 is 4.74 Å². The minimum absolute atomic E-state index is 0.498. The van der Waals surface area contributed by atoms with E-state index in [0.717, 1.165) is 26.2 Å². The number of halogens is 1. The van der Waals surface area contributed by atoms with E-state index in [9.17, 15) is 0 Å². The summed E-state index contributed by atoms with van der Waals surface area (Å²) in [6.45, 7) is 7.01. The monoisotopic (exact) mass is 313 g/mol. The number of nitrogens with one attached hydrogen (secondary N) is 1. The molecule has 0 spiro atoms. The van der Waals surface area contributed by atoms with E-state index in [1.165, 1.54) is 10.0 Å². The number of benzene rings is 1. The quantitative estimate of drug-likeness (QED) is 0.737. The van der Waals surface area contributed by atoms with E-state index in [1.807, 2.05) is 7.05 Å². The van der Waals surface area contributed by atoms with Crippen molar-refractivity contribution in [2.24, 2.45) is 5.92 Å². The summed E-state index contributed by atoms with van der Waals surface area (Å²) in [6, 6.07) is 8.44. The van der Waals surface area contributed by atoms with E-state index in [0.29, 0.717) is 11.8 Å². The van der Waals surface area contributed by atoms with Gasteiger partial charge in [0.15, 0.2) is 0 Å². The second-order valence-electron chi connectivity index (χ2n) is 5.03.